The zero-order chi connectivity index (χ0) is 52.6. The van der Waals surface area contributed by atoms with Gasteiger partial charge in [0.05, 0.1) is 11.4 Å². The monoisotopic (exact) mass is 972 g/mol. The van der Waals surface area contributed by atoms with Gasteiger partial charge < -0.3 is 19.1 Å². The third kappa shape index (κ3) is 8.22. The normalized spacial score (nSPS) is 13.9. The van der Waals surface area contributed by atoms with Gasteiger partial charge in [-0.1, -0.05) is 201 Å². The topological polar surface area (TPSA) is 22.9 Å². The second-order valence-electron chi connectivity index (χ2n) is 26.5. The van der Waals surface area contributed by atoms with Crippen LogP contribution in [0.3, 0.4) is 0 Å². The maximum atomic E-state index is 7.27. The van der Waals surface area contributed by atoms with Gasteiger partial charge in [0, 0.05) is 56.1 Å². The third-order valence-corrected chi connectivity index (χ3v) is 15.9. The molecule has 4 nitrogen and oxygen atoms in total. The van der Waals surface area contributed by atoms with Crippen LogP contribution in [0.5, 0.6) is 0 Å². The van der Waals surface area contributed by atoms with E-state index in [4.69, 9.17) is 4.42 Å². The van der Waals surface area contributed by atoms with E-state index in [0.717, 1.165) is 61.8 Å². The Morgan fingerprint density at radius 2 is 0.824 bits per heavy atom. The number of nitrogens with zero attached hydrogens (tertiary/aromatic N) is 3. The molecule has 0 unspecified atom stereocenters. The molecule has 0 aliphatic carbocycles. The molecular formula is C69H74BN3O. The molecule has 0 fully saturated rings. The molecule has 0 saturated heterocycles. The number of hydrogen-bond donors (Lipinski definition) is 0. The molecular weight excluding hydrogens is 898 g/mol. The number of fused-ring (bicyclic) bond motifs is 7. The van der Waals surface area contributed by atoms with Crippen LogP contribution in [0, 0.1) is 6.92 Å². The minimum absolute atomic E-state index is 0.000990. The van der Waals surface area contributed by atoms with Crippen molar-refractivity contribution in [3.8, 4) is 0 Å². The first kappa shape index (κ1) is 49.2. The molecule has 0 amide bonds. The molecule has 0 atom stereocenters. The summed E-state index contributed by atoms with van der Waals surface area (Å²) in [6.45, 7) is 36.9. The highest BCUT2D eigenvalue weighted by Gasteiger charge is 2.45. The minimum Gasteiger partial charge on any atom is -0.454 e. The quantitative estimate of drug-likeness (QED) is 0.160. The van der Waals surface area contributed by atoms with Crippen molar-refractivity contribution in [3.63, 3.8) is 0 Å². The van der Waals surface area contributed by atoms with Gasteiger partial charge in [0.15, 0.2) is 5.58 Å². The van der Waals surface area contributed by atoms with Gasteiger partial charge in [-0.3, -0.25) is 0 Å². The van der Waals surface area contributed by atoms with E-state index in [1.165, 1.54) is 61.1 Å². The van der Waals surface area contributed by atoms with Crippen LogP contribution < -0.4 is 31.1 Å². The van der Waals surface area contributed by atoms with Crippen molar-refractivity contribution in [1.29, 1.82) is 0 Å². The number of anilines is 9. The predicted molar refractivity (Wildman–Crippen MR) is 321 cm³/mol. The summed E-state index contributed by atoms with van der Waals surface area (Å²) in [5.74, 6) is 0. The Balaban J connectivity index is 1.29. The maximum Gasteiger partial charge on any atom is 0.252 e. The summed E-state index contributed by atoms with van der Waals surface area (Å²) in [6, 6.07) is 60.5. The van der Waals surface area contributed by atoms with Crippen molar-refractivity contribution in [1.82, 2.24) is 0 Å². The molecule has 3 heterocycles. The number of para-hydroxylation sites is 3. The molecule has 11 rings (SSSR count). The van der Waals surface area contributed by atoms with Crippen molar-refractivity contribution in [2.75, 3.05) is 14.7 Å². The lowest BCUT2D eigenvalue weighted by atomic mass is 9.33. The summed E-state index contributed by atoms with van der Waals surface area (Å²) < 4.78 is 7.27. The Labute approximate surface area is 442 Å². The van der Waals surface area contributed by atoms with Crippen molar-refractivity contribution in [3.05, 3.63) is 191 Å². The highest BCUT2D eigenvalue weighted by atomic mass is 16.3. The van der Waals surface area contributed by atoms with Gasteiger partial charge in [0.1, 0.15) is 5.58 Å². The Bertz CT molecular complexity index is 3510. The molecule has 8 aromatic carbocycles. The average Bonchev–Trinajstić information content (AvgIpc) is 3.73. The molecule has 0 bridgehead atoms. The summed E-state index contributed by atoms with van der Waals surface area (Å²) in [5.41, 5.74) is 23.3. The van der Waals surface area contributed by atoms with E-state index in [1.54, 1.807) is 0 Å². The smallest absolute Gasteiger partial charge is 0.252 e. The lowest BCUT2D eigenvalue weighted by Crippen LogP contribution is -2.61. The molecule has 1 aromatic heterocycles. The zero-order valence-electron chi connectivity index (χ0n) is 46.8. The second-order valence-corrected chi connectivity index (χ2v) is 26.5. The summed E-state index contributed by atoms with van der Waals surface area (Å²) in [7, 11) is 0. The second kappa shape index (κ2) is 17.0. The van der Waals surface area contributed by atoms with Crippen LogP contribution in [-0.2, 0) is 27.1 Å². The Hall–Kier alpha value is -6.98. The lowest BCUT2D eigenvalue weighted by Gasteiger charge is -2.45. The first-order valence-corrected chi connectivity index (χ1v) is 26.9. The predicted octanol–water partition coefficient (Wildman–Crippen LogP) is 17.9. The molecule has 0 N–H and O–H groups in total. The molecule has 74 heavy (non-hydrogen) atoms. The van der Waals surface area contributed by atoms with E-state index in [0.29, 0.717) is 0 Å². The highest BCUT2D eigenvalue weighted by Crippen LogP contribution is 2.51. The van der Waals surface area contributed by atoms with Gasteiger partial charge >= 0.3 is 0 Å². The molecule has 9 aromatic rings. The zero-order valence-corrected chi connectivity index (χ0v) is 46.8. The lowest BCUT2D eigenvalue weighted by molar-refractivity contribution is 0.573. The molecule has 0 radical (unpaired) electrons. The van der Waals surface area contributed by atoms with Crippen LogP contribution in [0.1, 0.15) is 137 Å². The van der Waals surface area contributed by atoms with E-state index in [1.807, 2.05) is 0 Å². The number of hydrogen-bond acceptors (Lipinski definition) is 4. The van der Waals surface area contributed by atoms with E-state index >= 15 is 0 Å². The standard InChI is InChI=1S/C69H74BN3O/c1-43-21-17-18-25-56(43)73(59-26-20-23-52-51-22-19-24-53(69(14,15)16)63(51)74-64(52)59)50-41-60-62-61(42-50)72(49-35-29-45(30-36-49)66(5,6)7)58-38-32-47(68(11,12)13)40-55(58)70(62)54-39-46(67(8,9)10)31-37-57(54)71(60)48-33-27-44(28-34-48)65(2,3)4/h17-42H,1-16H3. The minimum atomic E-state index is -0.113. The molecule has 2 aliphatic rings. The van der Waals surface area contributed by atoms with Crippen LogP contribution in [-0.4, -0.2) is 6.71 Å². The van der Waals surface area contributed by atoms with Crippen molar-refractivity contribution in [2.24, 2.45) is 0 Å². The van der Waals surface area contributed by atoms with E-state index < -0.39 is 0 Å². The van der Waals surface area contributed by atoms with Gasteiger partial charge in [-0.25, -0.2) is 0 Å². The van der Waals surface area contributed by atoms with E-state index in [-0.39, 0.29) is 33.8 Å². The summed E-state index contributed by atoms with van der Waals surface area (Å²) >= 11 is 0. The SMILES string of the molecule is Cc1ccccc1N(c1cc2c3c(c1)N(c1ccc(C(C)(C)C)cc1)c1ccc(C(C)(C)C)cc1B3c1cc(C(C)(C)C)ccc1N2c1ccc(C(C)(C)C)cc1)c1cccc2c1oc1c(C(C)(C)C)cccc12. The fraction of sp³-hybridized carbons (Fsp3) is 0.304. The molecule has 2 aliphatic heterocycles. The average molecular weight is 972 g/mol. The first-order chi connectivity index (χ1) is 34.8. The van der Waals surface area contributed by atoms with Crippen molar-refractivity contribution in [2.45, 2.75) is 138 Å². The fourth-order valence-corrected chi connectivity index (χ4v) is 11.6. The Morgan fingerprint density at radius 1 is 0.392 bits per heavy atom. The van der Waals surface area contributed by atoms with Crippen LogP contribution in [0.25, 0.3) is 21.9 Å². The Morgan fingerprint density at radius 3 is 1.28 bits per heavy atom. The molecule has 0 spiro atoms. The summed E-state index contributed by atoms with van der Waals surface area (Å²) in [4.78, 5) is 7.61. The van der Waals surface area contributed by atoms with Crippen LogP contribution in [0.15, 0.2) is 162 Å². The van der Waals surface area contributed by atoms with Gasteiger partial charge in [0.25, 0.3) is 6.71 Å². The number of aryl methyl sites for hydroxylation is 1. The molecule has 0 saturated carbocycles. The van der Waals surface area contributed by atoms with Crippen molar-refractivity contribution >= 4 is 96.2 Å². The number of furan rings is 1. The fourth-order valence-electron chi connectivity index (χ4n) is 11.6. The van der Waals surface area contributed by atoms with Crippen LogP contribution in [0.4, 0.5) is 51.2 Å². The molecule has 374 valence electrons. The third-order valence-electron chi connectivity index (χ3n) is 15.9. The van der Waals surface area contributed by atoms with E-state index in [9.17, 15) is 0 Å². The van der Waals surface area contributed by atoms with Gasteiger partial charge in [0.2, 0.25) is 0 Å². The highest BCUT2D eigenvalue weighted by molar-refractivity contribution is 7.00. The van der Waals surface area contributed by atoms with Crippen molar-refractivity contribution < 1.29 is 4.42 Å². The van der Waals surface area contributed by atoms with Crippen LogP contribution >= 0.6 is 0 Å². The van der Waals surface area contributed by atoms with E-state index in [2.05, 4.69) is 283 Å². The van der Waals surface area contributed by atoms with Gasteiger partial charge in [-0.2, -0.15) is 0 Å². The summed E-state index contributed by atoms with van der Waals surface area (Å²) in [5, 5.41) is 2.24. The number of benzene rings is 8. The van der Waals surface area contributed by atoms with Crippen LogP contribution in [0.2, 0.25) is 0 Å². The van der Waals surface area contributed by atoms with Gasteiger partial charge in [-0.05, 0) is 139 Å². The largest absolute Gasteiger partial charge is 0.454 e. The summed E-state index contributed by atoms with van der Waals surface area (Å²) in [6.07, 6.45) is 0. The number of rotatable bonds is 5. The first-order valence-electron chi connectivity index (χ1n) is 26.9. The Kier molecular flexibility index (Phi) is 11.3. The maximum absolute atomic E-state index is 7.27. The van der Waals surface area contributed by atoms with Gasteiger partial charge in [-0.15, -0.1) is 0 Å². The molecule has 5 heteroatoms.